The average Bonchev–Trinajstić information content (AvgIpc) is 2.57. The number of carbonyl (C=O) groups excluding carboxylic acids is 1. The minimum atomic E-state index is -0.971. The van der Waals surface area contributed by atoms with Gasteiger partial charge in [0.25, 0.3) is 0 Å². The van der Waals surface area contributed by atoms with E-state index in [1.807, 2.05) is 6.92 Å². The fourth-order valence-electron chi connectivity index (χ4n) is 2.39. The van der Waals surface area contributed by atoms with Gasteiger partial charge in [0.15, 0.2) is 0 Å². The summed E-state index contributed by atoms with van der Waals surface area (Å²) in [6, 6.07) is -0.811. The van der Waals surface area contributed by atoms with Gasteiger partial charge < -0.3 is 10.4 Å². The molecule has 0 rings (SSSR count). The molecule has 0 aliphatic carbocycles. The Kier molecular flexibility index (Phi) is 14.7. The molecule has 0 spiro atoms. The molecule has 0 unspecified atom stereocenters. The highest BCUT2D eigenvalue weighted by molar-refractivity contribution is 7.99. The third-order valence-electron chi connectivity index (χ3n) is 4.07. The maximum absolute atomic E-state index is 11.6. The predicted octanol–water partition coefficient (Wildman–Crippen LogP) is 5.51. The molecule has 27 heavy (non-hydrogen) atoms. The van der Waals surface area contributed by atoms with Crippen LogP contribution in [0.5, 0.6) is 0 Å². The number of amides is 1. The van der Waals surface area contributed by atoms with E-state index in [1.54, 1.807) is 0 Å². The van der Waals surface area contributed by atoms with Crippen molar-refractivity contribution in [1.82, 2.24) is 5.32 Å². The highest BCUT2D eigenvalue weighted by Crippen LogP contribution is 2.13. The van der Waals surface area contributed by atoms with E-state index in [0.717, 1.165) is 37.9 Å². The van der Waals surface area contributed by atoms with Gasteiger partial charge in [-0.2, -0.15) is 11.8 Å². The number of hydrogen-bond acceptors (Lipinski definition) is 3. The minimum Gasteiger partial charge on any atom is -0.480 e. The Balaban J connectivity index is 4.14. The average molecular weight is 396 g/mol. The Labute approximate surface area is 169 Å². The van der Waals surface area contributed by atoms with E-state index in [-0.39, 0.29) is 5.91 Å². The molecule has 0 bridgehead atoms. The third-order valence-corrected chi connectivity index (χ3v) is 5.04. The minimum absolute atomic E-state index is 0.191. The van der Waals surface area contributed by atoms with Crippen LogP contribution >= 0.6 is 11.8 Å². The molecule has 1 amide bonds. The summed E-state index contributed by atoms with van der Waals surface area (Å²) in [6.45, 7) is 10.5. The fourth-order valence-corrected chi connectivity index (χ4v) is 3.39. The lowest BCUT2D eigenvalue weighted by molar-refractivity contribution is -0.141. The summed E-state index contributed by atoms with van der Waals surface area (Å²) in [7, 11) is 0. The Bertz CT molecular complexity index is 546. The summed E-state index contributed by atoms with van der Waals surface area (Å²) in [5.41, 5.74) is 4.12. The van der Waals surface area contributed by atoms with Crippen molar-refractivity contribution in [2.24, 2.45) is 0 Å². The first-order chi connectivity index (χ1) is 12.8. The normalized spacial score (nSPS) is 13.2. The molecule has 0 aliphatic heterocycles. The van der Waals surface area contributed by atoms with Crippen molar-refractivity contribution in [2.75, 3.05) is 11.5 Å². The lowest BCUT2D eigenvalue weighted by atomic mass is 10.1. The van der Waals surface area contributed by atoms with E-state index < -0.39 is 12.0 Å². The molecule has 0 saturated heterocycles. The smallest absolute Gasteiger partial charge is 0.327 e. The zero-order valence-electron chi connectivity index (χ0n) is 17.6. The summed E-state index contributed by atoms with van der Waals surface area (Å²) in [4.78, 5) is 22.8. The van der Waals surface area contributed by atoms with Gasteiger partial charge >= 0.3 is 5.97 Å². The first-order valence-corrected chi connectivity index (χ1v) is 11.0. The molecular weight excluding hydrogens is 358 g/mol. The van der Waals surface area contributed by atoms with Crippen molar-refractivity contribution in [2.45, 2.75) is 79.2 Å². The van der Waals surface area contributed by atoms with E-state index in [0.29, 0.717) is 12.2 Å². The molecule has 2 N–H and O–H groups in total. The van der Waals surface area contributed by atoms with Gasteiger partial charge in [-0.1, -0.05) is 41.9 Å². The molecule has 0 aliphatic rings. The van der Waals surface area contributed by atoms with Crippen molar-refractivity contribution in [3.63, 3.8) is 0 Å². The van der Waals surface area contributed by atoms with Crippen molar-refractivity contribution in [3.8, 4) is 0 Å². The van der Waals surface area contributed by atoms with Crippen LogP contribution in [0.4, 0.5) is 0 Å². The van der Waals surface area contributed by atoms with Crippen molar-refractivity contribution in [3.05, 3.63) is 34.9 Å². The maximum Gasteiger partial charge on any atom is 0.327 e. The van der Waals surface area contributed by atoms with Crippen molar-refractivity contribution >= 4 is 23.6 Å². The Morgan fingerprint density at radius 3 is 2.11 bits per heavy atom. The fraction of sp³-hybridized carbons (Fsp3) is 0.636. The first kappa shape index (κ1) is 25.5. The number of thioether (sulfide) groups is 1. The summed E-state index contributed by atoms with van der Waals surface area (Å²) in [5.74, 6) is -0.00847. The Morgan fingerprint density at radius 1 is 0.963 bits per heavy atom. The van der Waals surface area contributed by atoms with Crippen LogP contribution < -0.4 is 5.32 Å². The monoisotopic (exact) mass is 395 g/mol. The van der Waals surface area contributed by atoms with Gasteiger partial charge in [0.1, 0.15) is 6.04 Å². The van der Waals surface area contributed by atoms with Crippen LogP contribution in [0.15, 0.2) is 34.9 Å². The van der Waals surface area contributed by atoms with E-state index in [2.05, 4.69) is 51.2 Å². The van der Waals surface area contributed by atoms with E-state index in [1.165, 1.54) is 28.5 Å². The number of carboxylic acid groups (broad SMARTS) is 1. The zero-order chi connectivity index (χ0) is 20.7. The third kappa shape index (κ3) is 15.3. The molecule has 154 valence electrons. The molecule has 0 fully saturated rings. The first-order valence-electron chi connectivity index (χ1n) is 9.80. The molecule has 0 aromatic heterocycles. The largest absolute Gasteiger partial charge is 0.480 e. The quantitative estimate of drug-likeness (QED) is 0.301. The standard InChI is InChI=1S/C22H37NO3S/c1-6-9-21(24)23-20(22(25)26)16-27-15-14-19(5)13-8-12-18(4)11-7-10-17(2)3/h10,12,14,20H,6-9,11,13,15-16H2,1-5H3,(H,23,24)(H,25,26)/b18-12+,19-14+/t20-/m0/s1. The number of carbonyl (C=O) groups is 2. The molecular formula is C22H37NO3S. The SMILES string of the molecule is CCCC(=O)N[C@@H](CSC/C=C(\C)CC/C=C(\C)CCC=C(C)C)C(=O)O. The molecule has 0 aromatic rings. The van der Waals surface area contributed by atoms with Crippen LogP contribution in [0.3, 0.4) is 0 Å². The summed E-state index contributed by atoms with van der Waals surface area (Å²) >= 11 is 1.54. The molecule has 0 saturated carbocycles. The van der Waals surface area contributed by atoms with Gasteiger partial charge in [0.2, 0.25) is 5.91 Å². The number of carboxylic acids is 1. The Morgan fingerprint density at radius 2 is 1.56 bits per heavy atom. The second-order valence-electron chi connectivity index (χ2n) is 7.21. The summed E-state index contributed by atoms with van der Waals surface area (Å²) in [5, 5.41) is 11.8. The molecule has 1 atom stereocenters. The lowest BCUT2D eigenvalue weighted by Gasteiger charge is -2.13. The number of nitrogens with one attached hydrogen (secondary N) is 1. The number of allylic oxidation sites excluding steroid dienone is 5. The van der Waals surface area contributed by atoms with Crippen LogP contribution in [-0.2, 0) is 9.59 Å². The van der Waals surface area contributed by atoms with Crippen LogP contribution in [0.2, 0.25) is 0 Å². The molecule has 4 nitrogen and oxygen atoms in total. The topological polar surface area (TPSA) is 66.4 Å². The molecule has 0 heterocycles. The Hall–Kier alpha value is -1.49. The van der Waals surface area contributed by atoms with Crippen LogP contribution in [0.1, 0.15) is 73.1 Å². The summed E-state index contributed by atoms with van der Waals surface area (Å²) in [6.07, 6.45) is 12.1. The summed E-state index contributed by atoms with van der Waals surface area (Å²) < 4.78 is 0. The van der Waals surface area contributed by atoms with Gasteiger partial charge in [-0.3, -0.25) is 4.79 Å². The van der Waals surface area contributed by atoms with Crippen molar-refractivity contribution in [1.29, 1.82) is 0 Å². The van der Waals surface area contributed by atoms with Crippen LogP contribution in [0.25, 0.3) is 0 Å². The number of hydrogen-bond donors (Lipinski definition) is 2. The van der Waals surface area contributed by atoms with Gasteiger partial charge in [-0.15, -0.1) is 0 Å². The lowest BCUT2D eigenvalue weighted by Crippen LogP contribution is -2.42. The predicted molar refractivity (Wildman–Crippen MR) is 117 cm³/mol. The van der Waals surface area contributed by atoms with E-state index in [4.69, 9.17) is 0 Å². The van der Waals surface area contributed by atoms with Gasteiger partial charge in [-0.25, -0.2) is 4.79 Å². The number of aliphatic carboxylic acids is 1. The van der Waals surface area contributed by atoms with Gasteiger partial charge in [0, 0.05) is 17.9 Å². The maximum atomic E-state index is 11.6. The molecule has 0 radical (unpaired) electrons. The van der Waals surface area contributed by atoms with Crippen molar-refractivity contribution < 1.29 is 14.7 Å². The second-order valence-corrected chi connectivity index (χ2v) is 8.28. The van der Waals surface area contributed by atoms with Crippen LogP contribution in [0, 0.1) is 0 Å². The molecule has 5 heteroatoms. The van der Waals surface area contributed by atoms with E-state index in [9.17, 15) is 14.7 Å². The second kappa shape index (κ2) is 15.6. The highest BCUT2D eigenvalue weighted by Gasteiger charge is 2.18. The molecule has 0 aromatic carbocycles. The van der Waals surface area contributed by atoms with E-state index >= 15 is 0 Å². The highest BCUT2D eigenvalue weighted by atomic mass is 32.2. The van der Waals surface area contributed by atoms with Gasteiger partial charge in [0.05, 0.1) is 0 Å². The zero-order valence-corrected chi connectivity index (χ0v) is 18.5. The van der Waals surface area contributed by atoms with Crippen LogP contribution in [-0.4, -0.2) is 34.5 Å². The van der Waals surface area contributed by atoms with Gasteiger partial charge in [-0.05, 0) is 59.8 Å². The number of rotatable bonds is 14.